The zero-order chi connectivity index (χ0) is 17.0. The van der Waals surface area contributed by atoms with Crippen molar-refractivity contribution in [1.82, 2.24) is 15.6 Å². The van der Waals surface area contributed by atoms with Crippen LogP contribution in [-0.4, -0.2) is 23.3 Å². The molecule has 10 heteroatoms. The van der Waals surface area contributed by atoms with Gasteiger partial charge in [0.05, 0.1) is 25.0 Å². The number of carbonyl (C=O) groups is 2. The molecule has 0 aromatic carbocycles. The molecule has 0 bridgehead atoms. The van der Waals surface area contributed by atoms with Gasteiger partial charge in [-0.25, -0.2) is 4.98 Å². The van der Waals surface area contributed by atoms with Crippen LogP contribution in [0.4, 0.5) is 13.2 Å². The summed E-state index contributed by atoms with van der Waals surface area (Å²) in [6.45, 7) is 1.09. The Kier molecular flexibility index (Phi) is 5.04. The highest BCUT2D eigenvalue weighted by Gasteiger charge is 2.36. The molecule has 0 atom stereocenters. The molecule has 124 valence electrons. The third-order valence-electron chi connectivity index (χ3n) is 2.69. The maximum atomic E-state index is 12.5. The molecule has 2 rings (SSSR count). The number of thiazole rings is 1. The van der Waals surface area contributed by atoms with Gasteiger partial charge in [-0.05, 0) is 19.1 Å². The second kappa shape index (κ2) is 6.82. The predicted molar refractivity (Wildman–Crippen MR) is 74.7 cm³/mol. The van der Waals surface area contributed by atoms with Crippen molar-refractivity contribution in [3.63, 3.8) is 0 Å². The average molecular weight is 347 g/mol. The molecule has 0 saturated heterocycles. The highest BCUT2D eigenvalue weighted by atomic mass is 32.1. The van der Waals surface area contributed by atoms with Crippen molar-refractivity contribution in [1.29, 1.82) is 0 Å². The molecule has 0 aliphatic heterocycles. The van der Waals surface area contributed by atoms with Crippen LogP contribution in [0.3, 0.4) is 0 Å². The van der Waals surface area contributed by atoms with Gasteiger partial charge in [-0.3, -0.25) is 9.59 Å². The van der Waals surface area contributed by atoms with Gasteiger partial charge in [-0.1, -0.05) is 0 Å². The van der Waals surface area contributed by atoms with Crippen molar-refractivity contribution in [3.05, 3.63) is 39.7 Å². The number of carbonyl (C=O) groups excluding carboxylic acids is 2. The van der Waals surface area contributed by atoms with Crippen LogP contribution in [0, 0.1) is 6.92 Å². The third kappa shape index (κ3) is 4.55. The van der Waals surface area contributed by atoms with Crippen LogP contribution in [0.25, 0.3) is 0 Å². The number of amides is 2. The molecule has 0 radical (unpaired) electrons. The van der Waals surface area contributed by atoms with E-state index in [1.807, 2.05) is 0 Å². The number of aryl methyl sites for hydroxylation is 1. The normalized spacial score (nSPS) is 11.3. The Balaban J connectivity index is 1.87. The van der Waals surface area contributed by atoms with Gasteiger partial charge in [-0.15, -0.1) is 11.3 Å². The van der Waals surface area contributed by atoms with Gasteiger partial charge in [0.2, 0.25) is 5.91 Å². The van der Waals surface area contributed by atoms with Crippen LogP contribution in [-0.2, 0) is 17.5 Å². The second-order valence-corrected chi connectivity index (χ2v) is 5.47. The number of aromatic nitrogens is 1. The lowest BCUT2D eigenvalue weighted by Crippen LogP contribution is -2.36. The molecular formula is C13H12F3N3O3S. The maximum absolute atomic E-state index is 12.5. The van der Waals surface area contributed by atoms with Crippen molar-refractivity contribution < 1.29 is 27.2 Å². The van der Waals surface area contributed by atoms with E-state index in [-0.39, 0.29) is 35.0 Å². The summed E-state index contributed by atoms with van der Waals surface area (Å²) in [5.41, 5.74) is -0.0316. The number of nitrogens with one attached hydrogen (secondary N) is 2. The SMILES string of the molecule is Cc1nc(C(F)(F)F)sc1C(=O)NCC(=O)NCc1ccco1. The van der Waals surface area contributed by atoms with Gasteiger partial charge in [0.1, 0.15) is 10.6 Å². The van der Waals surface area contributed by atoms with E-state index in [0.29, 0.717) is 5.76 Å². The van der Waals surface area contributed by atoms with Crippen LogP contribution in [0.2, 0.25) is 0 Å². The smallest absolute Gasteiger partial charge is 0.443 e. The Labute approximate surface area is 132 Å². The number of hydrogen-bond acceptors (Lipinski definition) is 5. The van der Waals surface area contributed by atoms with Gasteiger partial charge in [0.15, 0.2) is 5.01 Å². The number of alkyl halides is 3. The largest absolute Gasteiger partial charge is 0.467 e. The fourth-order valence-electron chi connectivity index (χ4n) is 1.63. The number of halogens is 3. The summed E-state index contributed by atoms with van der Waals surface area (Å²) in [5, 5.41) is 3.66. The molecule has 0 spiro atoms. The number of hydrogen-bond donors (Lipinski definition) is 2. The lowest BCUT2D eigenvalue weighted by atomic mass is 10.3. The zero-order valence-corrected chi connectivity index (χ0v) is 12.7. The summed E-state index contributed by atoms with van der Waals surface area (Å²) >= 11 is 0.243. The van der Waals surface area contributed by atoms with Crippen LogP contribution in [0.1, 0.15) is 26.1 Å². The van der Waals surface area contributed by atoms with Crippen LogP contribution < -0.4 is 10.6 Å². The quantitative estimate of drug-likeness (QED) is 0.868. The Morgan fingerprint density at radius 2 is 2.09 bits per heavy atom. The monoisotopic (exact) mass is 347 g/mol. The lowest BCUT2D eigenvalue weighted by Gasteiger charge is -2.05. The summed E-state index contributed by atoms with van der Waals surface area (Å²) in [6.07, 6.45) is -3.15. The first-order chi connectivity index (χ1) is 10.8. The predicted octanol–water partition coefficient (Wildman–Crippen LogP) is 2.11. The molecule has 23 heavy (non-hydrogen) atoms. The first kappa shape index (κ1) is 17.0. The molecule has 2 aromatic rings. The van der Waals surface area contributed by atoms with Crippen molar-refractivity contribution in [2.45, 2.75) is 19.6 Å². The number of rotatable bonds is 5. The van der Waals surface area contributed by atoms with E-state index in [4.69, 9.17) is 4.42 Å². The number of nitrogens with zero attached hydrogens (tertiary/aromatic N) is 1. The maximum Gasteiger partial charge on any atom is 0.443 e. The lowest BCUT2D eigenvalue weighted by molar-refractivity contribution is -0.137. The standard InChI is InChI=1S/C13H12F3N3O3S/c1-7-10(23-12(19-7)13(14,15)16)11(21)18-6-9(20)17-5-8-3-2-4-22-8/h2-4H,5-6H2,1H3,(H,17,20)(H,18,21). The molecule has 6 nitrogen and oxygen atoms in total. The molecule has 0 saturated carbocycles. The molecule has 0 aliphatic rings. The fraction of sp³-hybridized carbons (Fsp3) is 0.308. The first-order valence-electron chi connectivity index (χ1n) is 6.39. The third-order valence-corrected chi connectivity index (χ3v) is 3.90. The zero-order valence-electron chi connectivity index (χ0n) is 11.9. The highest BCUT2D eigenvalue weighted by Crippen LogP contribution is 2.33. The Morgan fingerprint density at radius 3 is 2.65 bits per heavy atom. The molecule has 0 unspecified atom stereocenters. The first-order valence-corrected chi connectivity index (χ1v) is 7.21. The molecule has 2 amide bonds. The van der Waals surface area contributed by atoms with E-state index in [1.54, 1.807) is 12.1 Å². The van der Waals surface area contributed by atoms with E-state index in [2.05, 4.69) is 15.6 Å². The van der Waals surface area contributed by atoms with Crippen molar-refractivity contribution in [2.75, 3.05) is 6.54 Å². The van der Waals surface area contributed by atoms with Gasteiger partial charge in [0, 0.05) is 0 Å². The van der Waals surface area contributed by atoms with Crippen molar-refractivity contribution >= 4 is 23.2 Å². The molecule has 2 N–H and O–H groups in total. The van der Waals surface area contributed by atoms with E-state index < -0.39 is 23.0 Å². The topological polar surface area (TPSA) is 84.2 Å². The van der Waals surface area contributed by atoms with Gasteiger partial charge in [0.25, 0.3) is 5.91 Å². The molecule has 0 fully saturated rings. The Bertz CT molecular complexity index is 695. The summed E-state index contributed by atoms with van der Waals surface area (Å²) in [7, 11) is 0. The minimum atomic E-state index is -4.60. The summed E-state index contributed by atoms with van der Waals surface area (Å²) < 4.78 is 42.6. The van der Waals surface area contributed by atoms with E-state index in [1.165, 1.54) is 13.2 Å². The molecule has 0 aliphatic carbocycles. The summed E-state index contributed by atoms with van der Waals surface area (Å²) in [6, 6.07) is 3.33. The minimum Gasteiger partial charge on any atom is -0.467 e. The average Bonchev–Trinajstić information content (AvgIpc) is 3.11. The molecular weight excluding hydrogens is 335 g/mol. The van der Waals surface area contributed by atoms with Gasteiger partial charge in [-0.2, -0.15) is 13.2 Å². The van der Waals surface area contributed by atoms with Crippen LogP contribution in [0.15, 0.2) is 22.8 Å². The minimum absolute atomic E-state index is 0.0316. The summed E-state index contributed by atoms with van der Waals surface area (Å²) in [5.74, 6) is -0.727. The van der Waals surface area contributed by atoms with Crippen molar-refractivity contribution in [2.24, 2.45) is 0 Å². The second-order valence-electron chi connectivity index (χ2n) is 4.47. The van der Waals surface area contributed by atoms with Gasteiger partial charge >= 0.3 is 6.18 Å². The summed E-state index contributed by atoms with van der Waals surface area (Å²) in [4.78, 5) is 26.5. The molecule has 2 heterocycles. The van der Waals surface area contributed by atoms with Gasteiger partial charge < -0.3 is 15.1 Å². The van der Waals surface area contributed by atoms with E-state index >= 15 is 0 Å². The van der Waals surface area contributed by atoms with Crippen LogP contribution >= 0.6 is 11.3 Å². The van der Waals surface area contributed by atoms with Crippen molar-refractivity contribution in [3.8, 4) is 0 Å². The fourth-order valence-corrected chi connectivity index (χ4v) is 2.48. The molecule has 2 aromatic heterocycles. The van der Waals surface area contributed by atoms with Crippen LogP contribution in [0.5, 0.6) is 0 Å². The number of furan rings is 1. The van der Waals surface area contributed by atoms with E-state index in [9.17, 15) is 22.8 Å². The highest BCUT2D eigenvalue weighted by molar-refractivity contribution is 7.13. The Morgan fingerprint density at radius 1 is 1.35 bits per heavy atom. The van der Waals surface area contributed by atoms with E-state index in [0.717, 1.165) is 0 Å². The Hall–Kier alpha value is -2.36.